The van der Waals surface area contributed by atoms with E-state index < -0.39 is 0 Å². The van der Waals surface area contributed by atoms with Crippen molar-refractivity contribution in [1.82, 2.24) is 9.78 Å². The fourth-order valence-electron chi connectivity index (χ4n) is 4.71. The zero-order valence-corrected chi connectivity index (χ0v) is 21.5. The largest absolute Gasteiger partial charge is 0.487 e. The predicted molar refractivity (Wildman–Crippen MR) is 145 cm³/mol. The van der Waals surface area contributed by atoms with Crippen molar-refractivity contribution >= 4 is 22.6 Å². The van der Waals surface area contributed by atoms with Crippen LogP contribution in [0.5, 0.6) is 5.75 Å². The molecule has 0 unspecified atom stereocenters. The third-order valence-electron chi connectivity index (χ3n) is 6.70. The molecule has 0 bridgehead atoms. The maximum Gasteiger partial charge on any atom is 0.310 e. The molecule has 0 spiro atoms. The Kier molecular flexibility index (Phi) is 6.96. The topological polar surface area (TPSA) is 57.7 Å². The first-order valence-corrected chi connectivity index (χ1v) is 12.9. The summed E-state index contributed by atoms with van der Waals surface area (Å²) in [7, 11) is 0. The third-order valence-corrected chi connectivity index (χ3v) is 6.70. The molecule has 0 atom stereocenters. The Bertz CT molecular complexity index is 1490. The lowest BCUT2D eigenvalue weighted by Crippen LogP contribution is -2.09. The van der Waals surface area contributed by atoms with E-state index in [1.807, 2.05) is 41.1 Å². The summed E-state index contributed by atoms with van der Waals surface area (Å²) in [5.74, 6) is 0.953. The molecule has 37 heavy (non-hydrogen) atoms. The molecule has 1 aliphatic carbocycles. The Morgan fingerprint density at radius 2 is 1.92 bits per heavy atom. The second-order valence-corrected chi connectivity index (χ2v) is 9.79. The maximum absolute atomic E-state index is 12.1. The molecule has 6 heteroatoms. The number of ether oxygens (including phenoxy) is 2. The molecule has 1 aliphatic rings. The lowest BCUT2D eigenvalue weighted by Gasteiger charge is -2.11. The van der Waals surface area contributed by atoms with Crippen LogP contribution < -0.4 is 4.74 Å². The molecule has 0 N–H and O–H groups in total. The van der Waals surface area contributed by atoms with Crippen molar-refractivity contribution in [3.63, 3.8) is 0 Å². The van der Waals surface area contributed by atoms with Crippen molar-refractivity contribution in [2.24, 2.45) is 0 Å². The quantitative estimate of drug-likeness (QED) is 0.180. The Labute approximate surface area is 217 Å². The van der Waals surface area contributed by atoms with Crippen LogP contribution in [0.2, 0.25) is 0 Å². The number of carbonyl (C=O) groups is 1. The van der Waals surface area contributed by atoms with E-state index in [1.54, 1.807) is 6.92 Å². The van der Waals surface area contributed by atoms with Crippen LogP contribution in [-0.4, -0.2) is 22.4 Å². The van der Waals surface area contributed by atoms with Crippen molar-refractivity contribution in [3.05, 3.63) is 88.9 Å². The molecule has 1 heterocycles. The van der Waals surface area contributed by atoms with E-state index in [-0.39, 0.29) is 25.0 Å². The number of nitrogens with zero attached hydrogens (tertiary/aromatic N) is 3. The van der Waals surface area contributed by atoms with E-state index >= 15 is 0 Å². The van der Waals surface area contributed by atoms with Gasteiger partial charge in [0.15, 0.2) is 5.69 Å². The number of hydrogen-bond donors (Lipinski definition) is 0. The van der Waals surface area contributed by atoms with Gasteiger partial charge in [0.2, 0.25) is 0 Å². The van der Waals surface area contributed by atoms with Crippen molar-refractivity contribution in [2.45, 2.75) is 58.6 Å². The molecule has 1 fully saturated rings. The highest BCUT2D eigenvalue weighted by Gasteiger charge is 2.24. The molecule has 3 aromatic carbocycles. The molecular weight excluding hydrogens is 462 g/mol. The summed E-state index contributed by atoms with van der Waals surface area (Å²) in [6.07, 6.45) is 2.55. The van der Waals surface area contributed by atoms with Gasteiger partial charge < -0.3 is 9.47 Å². The van der Waals surface area contributed by atoms with Crippen LogP contribution in [0.15, 0.2) is 60.7 Å². The van der Waals surface area contributed by atoms with Crippen molar-refractivity contribution in [3.8, 4) is 16.9 Å². The number of aromatic nitrogens is 2. The van der Waals surface area contributed by atoms with Crippen LogP contribution in [0, 0.1) is 6.57 Å². The smallest absolute Gasteiger partial charge is 0.310 e. The van der Waals surface area contributed by atoms with Gasteiger partial charge in [0.25, 0.3) is 0 Å². The highest BCUT2D eigenvalue weighted by Crippen LogP contribution is 2.43. The van der Waals surface area contributed by atoms with Gasteiger partial charge >= 0.3 is 5.97 Å². The Morgan fingerprint density at radius 1 is 1.11 bits per heavy atom. The normalized spacial score (nSPS) is 13.1. The molecule has 6 nitrogen and oxygen atoms in total. The molecule has 1 aromatic heterocycles. The lowest BCUT2D eigenvalue weighted by atomic mass is 9.98. The highest BCUT2D eigenvalue weighted by atomic mass is 16.5. The Morgan fingerprint density at radius 3 is 2.65 bits per heavy atom. The fraction of sp³-hybridized carbons (Fsp3) is 0.323. The van der Waals surface area contributed by atoms with E-state index in [1.165, 1.54) is 18.4 Å². The van der Waals surface area contributed by atoms with Crippen LogP contribution in [0.4, 0.5) is 5.69 Å². The van der Waals surface area contributed by atoms with Crippen LogP contribution in [0.25, 0.3) is 26.9 Å². The zero-order valence-electron chi connectivity index (χ0n) is 21.5. The molecule has 1 saturated carbocycles. The average Bonchev–Trinajstić information content (AvgIpc) is 3.69. The van der Waals surface area contributed by atoms with Crippen molar-refractivity contribution in [2.75, 3.05) is 6.61 Å². The molecule has 0 saturated heterocycles. The first kappa shape index (κ1) is 24.6. The molecule has 0 aliphatic heterocycles. The summed E-state index contributed by atoms with van der Waals surface area (Å²) in [5, 5.41) is 5.92. The average molecular weight is 494 g/mol. The summed E-state index contributed by atoms with van der Waals surface area (Å²) in [6, 6.07) is 20.3. The summed E-state index contributed by atoms with van der Waals surface area (Å²) < 4.78 is 13.4. The highest BCUT2D eigenvalue weighted by molar-refractivity contribution is 5.88. The summed E-state index contributed by atoms with van der Waals surface area (Å²) in [6.45, 7) is 14.2. The second-order valence-electron chi connectivity index (χ2n) is 9.79. The van der Waals surface area contributed by atoms with Gasteiger partial charge in [-0.1, -0.05) is 42.0 Å². The third kappa shape index (κ3) is 5.36. The van der Waals surface area contributed by atoms with Crippen molar-refractivity contribution < 1.29 is 14.3 Å². The minimum Gasteiger partial charge on any atom is -0.487 e. The van der Waals surface area contributed by atoms with Gasteiger partial charge in [-0.25, -0.2) is 4.85 Å². The molecule has 4 aromatic rings. The minimum absolute atomic E-state index is 0.163. The number of rotatable bonds is 9. The van der Waals surface area contributed by atoms with E-state index in [2.05, 4.69) is 43.0 Å². The van der Waals surface area contributed by atoms with Gasteiger partial charge in [-0.05, 0) is 74.9 Å². The van der Waals surface area contributed by atoms with Gasteiger partial charge in [0.05, 0.1) is 25.1 Å². The van der Waals surface area contributed by atoms with Gasteiger partial charge in [-0.3, -0.25) is 9.48 Å². The summed E-state index contributed by atoms with van der Waals surface area (Å²) >= 11 is 0. The van der Waals surface area contributed by atoms with E-state index in [0.29, 0.717) is 24.0 Å². The summed E-state index contributed by atoms with van der Waals surface area (Å²) in [4.78, 5) is 15.8. The molecular formula is C31H31N3O3. The van der Waals surface area contributed by atoms with Gasteiger partial charge in [-0.2, -0.15) is 5.10 Å². The fourth-order valence-corrected chi connectivity index (χ4v) is 4.71. The minimum atomic E-state index is -0.273. The first-order chi connectivity index (χ1) is 18.0. The standard InChI is InChI=1S/C31H31N3O3/c1-5-36-31(35)18-23-8-6-7-9-30(23)37-19-28-27-17-22(12-13-29(27)34(33-28)20(2)3)25-14-24(21-10-11-21)15-26(16-25)32-4/h6-9,12-17,20-21H,5,10-11,18-19H2,1-3H3. The molecule has 188 valence electrons. The number of carbonyl (C=O) groups excluding carboxylic acids is 1. The van der Waals surface area contributed by atoms with E-state index in [0.717, 1.165) is 33.3 Å². The molecule has 0 radical (unpaired) electrons. The molecule has 5 rings (SSSR count). The second kappa shape index (κ2) is 10.5. The van der Waals surface area contributed by atoms with E-state index in [4.69, 9.17) is 21.1 Å². The maximum atomic E-state index is 12.1. The first-order valence-electron chi connectivity index (χ1n) is 12.9. The van der Waals surface area contributed by atoms with Crippen LogP contribution in [-0.2, 0) is 22.6 Å². The Balaban J connectivity index is 1.49. The van der Waals surface area contributed by atoms with Gasteiger partial charge in [0.1, 0.15) is 18.1 Å². The lowest BCUT2D eigenvalue weighted by molar-refractivity contribution is -0.142. The van der Waals surface area contributed by atoms with Crippen molar-refractivity contribution in [1.29, 1.82) is 0 Å². The van der Waals surface area contributed by atoms with E-state index in [9.17, 15) is 4.79 Å². The number of benzene rings is 3. The predicted octanol–water partition coefficient (Wildman–Crippen LogP) is 7.40. The Hall–Kier alpha value is -4.11. The zero-order chi connectivity index (χ0) is 25.9. The monoisotopic (exact) mass is 493 g/mol. The van der Waals surface area contributed by atoms with Crippen LogP contribution in [0.3, 0.4) is 0 Å². The number of para-hydroxylation sites is 1. The van der Waals surface area contributed by atoms with Crippen LogP contribution >= 0.6 is 0 Å². The molecule has 0 amide bonds. The van der Waals surface area contributed by atoms with Gasteiger partial charge in [0, 0.05) is 17.0 Å². The number of esters is 1. The number of hydrogen-bond acceptors (Lipinski definition) is 4. The van der Waals surface area contributed by atoms with Crippen LogP contribution in [0.1, 0.15) is 62.4 Å². The number of fused-ring (bicyclic) bond motifs is 1. The summed E-state index contributed by atoms with van der Waals surface area (Å²) in [5.41, 5.74) is 6.72. The van der Waals surface area contributed by atoms with Gasteiger partial charge in [-0.15, -0.1) is 0 Å². The SMILES string of the molecule is [C-]#[N+]c1cc(-c2ccc3c(c2)c(COc2ccccc2CC(=O)OCC)nn3C(C)C)cc(C2CC2)c1.